The van der Waals surface area contributed by atoms with Gasteiger partial charge in [0.1, 0.15) is 11.3 Å². The number of aryl methyl sites for hydroxylation is 1. The van der Waals surface area contributed by atoms with Crippen LogP contribution in [-0.2, 0) is 20.9 Å². The van der Waals surface area contributed by atoms with Gasteiger partial charge >= 0.3 is 12.0 Å². The Balaban J connectivity index is 1.65. The van der Waals surface area contributed by atoms with E-state index in [-0.39, 0.29) is 12.1 Å². The van der Waals surface area contributed by atoms with Crippen molar-refractivity contribution in [1.82, 2.24) is 14.8 Å². The highest BCUT2D eigenvalue weighted by molar-refractivity contribution is 6.31. The molecule has 0 atom stereocenters. The van der Waals surface area contributed by atoms with Crippen molar-refractivity contribution in [3.05, 3.63) is 82.6 Å². The minimum Gasteiger partial charge on any atom is -0.467 e. The molecule has 1 fully saturated rings. The molecule has 0 spiro atoms. The molecule has 0 saturated carbocycles. The predicted molar refractivity (Wildman–Crippen MR) is 122 cm³/mol. The fourth-order valence-electron chi connectivity index (χ4n) is 3.84. The Morgan fingerprint density at radius 1 is 1.12 bits per heavy atom. The van der Waals surface area contributed by atoms with E-state index in [2.05, 4.69) is 5.32 Å². The normalized spacial score (nSPS) is 15.1. The number of aromatic nitrogens is 1. The molecule has 1 aliphatic heterocycles. The third-order valence-corrected chi connectivity index (χ3v) is 5.49. The van der Waals surface area contributed by atoms with Crippen LogP contribution in [0.15, 0.2) is 58.7 Å². The van der Waals surface area contributed by atoms with Crippen molar-refractivity contribution in [3.8, 4) is 5.69 Å². The van der Waals surface area contributed by atoms with Crippen LogP contribution in [0.4, 0.5) is 4.79 Å². The third-order valence-electron chi connectivity index (χ3n) is 5.49. The van der Waals surface area contributed by atoms with Crippen molar-refractivity contribution in [3.63, 3.8) is 0 Å². The minimum atomic E-state index is -0.796. The molecule has 4 rings (SSSR count). The van der Waals surface area contributed by atoms with Gasteiger partial charge in [-0.3, -0.25) is 19.8 Å². The first-order chi connectivity index (χ1) is 16.3. The van der Waals surface area contributed by atoms with Gasteiger partial charge in [-0.25, -0.2) is 9.59 Å². The number of barbiturate groups is 1. The first-order valence-corrected chi connectivity index (χ1v) is 10.7. The molecular formula is C25H23N3O6. The lowest BCUT2D eigenvalue weighted by atomic mass is 10.1. The van der Waals surface area contributed by atoms with E-state index in [9.17, 15) is 19.2 Å². The molecule has 3 aromatic rings. The van der Waals surface area contributed by atoms with Crippen LogP contribution in [0.1, 0.15) is 40.0 Å². The molecule has 1 N–H and O–H groups in total. The zero-order valence-corrected chi connectivity index (χ0v) is 19.0. The zero-order valence-electron chi connectivity index (χ0n) is 19.0. The molecule has 2 aromatic heterocycles. The number of hydrogen-bond acceptors (Lipinski definition) is 6. The highest BCUT2D eigenvalue weighted by atomic mass is 16.5. The smallest absolute Gasteiger partial charge is 0.338 e. The Kier molecular flexibility index (Phi) is 6.18. The van der Waals surface area contributed by atoms with Gasteiger partial charge in [-0.05, 0) is 74.9 Å². The Bertz CT molecular complexity index is 1300. The molecule has 0 radical (unpaired) electrons. The molecule has 34 heavy (non-hydrogen) atoms. The van der Waals surface area contributed by atoms with Crippen LogP contribution >= 0.6 is 0 Å². The van der Waals surface area contributed by atoms with Crippen LogP contribution in [0.25, 0.3) is 11.8 Å². The van der Waals surface area contributed by atoms with Crippen molar-refractivity contribution in [1.29, 1.82) is 0 Å². The summed E-state index contributed by atoms with van der Waals surface area (Å²) in [5, 5.41) is 2.21. The van der Waals surface area contributed by atoms with Crippen LogP contribution < -0.4 is 5.32 Å². The Morgan fingerprint density at radius 2 is 1.85 bits per heavy atom. The monoisotopic (exact) mass is 461 g/mol. The lowest BCUT2D eigenvalue weighted by Gasteiger charge is -2.25. The van der Waals surface area contributed by atoms with E-state index in [0.717, 1.165) is 22.0 Å². The van der Waals surface area contributed by atoms with Crippen molar-refractivity contribution in [2.45, 2.75) is 27.3 Å². The van der Waals surface area contributed by atoms with Crippen molar-refractivity contribution < 1.29 is 28.3 Å². The highest BCUT2D eigenvalue weighted by Crippen LogP contribution is 2.25. The van der Waals surface area contributed by atoms with Gasteiger partial charge in [0.05, 0.1) is 25.0 Å². The molecule has 0 aliphatic carbocycles. The maximum Gasteiger partial charge on any atom is 0.338 e. The highest BCUT2D eigenvalue weighted by Gasteiger charge is 2.36. The van der Waals surface area contributed by atoms with Gasteiger partial charge < -0.3 is 13.7 Å². The second-order valence-electron chi connectivity index (χ2n) is 7.72. The van der Waals surface area contributed by atoms with Gasteiger partial charge in [-0.2, -0.15) is 0 Å². The van der Waals surface area contributed by atoms with Crippen LogP contribution in [0.5, 0.6) is 0 Å². The summed E-state index contributed by atoms with van der Waals surface area (Å²) in [4.78, 5) is 50.5. The number of ether oxygens (including phenoxy) is 1. The van der Waals surface area contributed by atoms with E-state index in [0.29, 0.717) is 23.5 Å². The lowest BCUT2D eigenvalue weighted by molar-refractivity contribution is -0.130. The molecule has 9 nitrogen and oxygen atoms in total. The molecule has 1 aromatic carbocycles. The fraction of sp³-hybridized carbons (Fsp3) is 0.200. The molecule has 1 aliphatic rings. The SMILES string of the molecule is CCOC(=O)c1ccc(-n2c(C)cc(/C=C3\C(=O)NC(=O)N(Cc4ccco4)C3=O)c2C)cc1. The summed E-state index contributed by atoms with van der Waals surface area (Å²) < 4.78 is 12.2. The Morgan fingerprint density at radius 3 is 2.50 bits per heavy atom. The number of benzene rings is 1. The maximum atomic E-state index is 13.0. The summed E-state index contributed by atoms with van der Waals surface area (Å²) in [6.45, 7) is 5.71. The van der Waals surface area contributed by atoms with Crippen LogP contribution in [0.2, 0.25) is 0 Å². The zero-order chi connectivity index (χ0) is 24.4. The first-order valence-electron chi connectivity index (χ1n) is 10.7. The molecule has 0 bridgehead atoms. The number of urea groups is 1. The van der Waals surface area contributed by atoms with E-state index < -0.39 is 23.8 Å². The number of imide groups is 2. The Labute approximate surface area is 195 Å². The minimum absolute atomic E-state index is 0.0892. The van der Waals surface area contributed by atoms with E-state index in [1.807, 2.05) is 24.5 Å². The molecule has 174 valence electrons. The average molecular weight is 461 g/mol. The third kappa shape index (κ3) is 4.27. The average Bonchev–Trinajstić information content (AvgIpc) is 3.42. The summed E-state index contributed by atoms with van der Waals surface area (Å²) >= 11 is 0. The molecule has 9 heteroatoms. The van der Waals surface area contributed by atoms with Gasteiger partial charge in [0, 0.05) is 17.1 Å². The topological polar surface area (TPSA) is 111 Å². The molecular weight excluding hydrogens is 438 g/mol. The largest absolute Gasteiger partial charge is 0.467 e. The number of amides is 4. The van der Waals surface area contributed by atoms with Crippen LogP contribution in [0.3, 0.4) is 0 Å². The second kappa shape index (κ2) is 9.22. The van der Waals surface area contributed by atoms with Crippen molar-refractivity contribution >= 4 is 29.9 Å². The standard InChI is InChI=1S/C25H23N3O6/c1-4-33-24(31)17-7-9-19(10-8-17)28-15(2)12-18(16(28)3)13-21-22(29)26-25(32)27(23(21)30)14-20-6-5-11-34-20/h5-13H,4,14H2,1-3H3,(H,26,29,32)/b21-13+. The van der Waals surface area contributed by atoms with Crippen molar-refractivity contribution in [2.24, 2.45) is 0 Å². The van der Waals surface area contributed by atoms with E-state index in [4.69, 9.17) is 9.15 Å². The van der Waals surface area contributed by atoms with Gasteiger partial charge in [0.15, 0.2) is 0 Å². The predicted octanol–water partition coefficient (Wildman–Crippen LogP) is 3.53. The second-order valence-corrected chi connectivity index (χ2v) is 7.72. The van der Waals surface area contributed by atoms with Gasteiger partial charge in [0.2, 0.25) is 0 Å². The summed E-state index contributed by atoms with van der Waals surface area (Å²) in [7, 11) is 0. The van der Waals surface area contributed by atoms with E-state index in [1.54, 1.807) is 43.3 Å². The number of hydrogen-bond donors (Lipinski definition) is 1. The maximum absolute atomic E-state index is 13.0. The summed E-state index contributed by atoms with van der Waals surface area (Å²) in [5.74, 6) is -1.43. The number of nitrogens with one attached hydrogen (secondary N) is 1. The molecule has 3 heterocycles. The molecule has 4 amide bonds. The van der Waals surface area contributed by atoms with Crippen LogP contribution in [0, 0.1) is 13.8 Å². The molecule has 1 saturated heterocycles. The summed E-state index contributed by atoms with van der Waals surface area (Å²) in [6, 6.07) is 11.3. The van der Waals surface area contributed by atoms with Crippen LogP contribution in [-0.4, -0.2) is 39.9 Å². The number of carbonyl (C=O) groups excluding carboxylic acids is 4. The molecule has 0 unspecified atom stereocenters. The number of carbonyl (C=O) groups is 4. The van der Waals surface area contributed by atoms with Gasteiger partial charge in [-0.15, -0.1) is 0 Å². The number of furan rings is 1. The first kappa shape index (κ1) is 22.8. The van der Waals surface area contributed by atoms with E-state index >= 15 is 0 Å². The number of esters is 1. The van der Waals surface area contributed by atoms with Gasteiger partial charge in [0.25, 0.3) is 11.8 Å². The number of rotatable bonds is 6. The quantitative estimate of drug-likeness (QED) is 0.342. The fourth-order valence-corrected chi connectivity index (χ4v) is 3.84. The summed E-state index contributed by atoms with van der Waals surface area (Å²) in [5.41, 5.74) is 3.40. The summed E-state index contributed by atoms with van der Waals surface area (Å²) in [6.07, 6.45) is 2.92. The van der Waals surface area contributed by atoms with Crippen molar-refractivity contribution in [2.75, 3.05) is 6.61 Å². The number of nitrogens with zero attached hydrogens (tertiary/aromatic N) is 2. The van der Waals surface area contributed by atoms with Gasteiger partial charge in [-0.1, -0.05) is 0 Å². The van der Waals surface area contributed by atoms with E-state index in [1.165, 1.54) is 12.3 Å². The lowest BCUT2D eigenvalue weighted by Crippen LogP contribution is -2.53. The Hall–Kier alpha value is -4.40.